The van der Waals surface area contributed by atoms with E-state index in [0.29, 0.717) is 43.8 Å². The summed E-state index contributed by atoms with van der Waals surface area (Å²) < 4.78 is 6.97. The van der Waals surface area contributed by atoms with Crippen molar-refractivity contribution in [1.82, 2.24) is 14.7 Å². The molecule has 3 heterocycles. The fraction of sp³-hybridized carbons (Fsp3) is 0.733. The molecule has 2 saturated heterocycles. The molecule has 2 fully saturated rings. The van der Waals surface area contributed by atoms with Gasteiger partial charge in [-0.1, -0.05) is 0 Å². The molecule has 0 spiro atoms. The van der Waals surface area contributed by atoms with Crippen LogP contribution in [0, 0.1) is 22.0 Å². The van der Waals surface area contributed by atoms with E-state index in [1.165, 1.54) is 6.20 Å². The number of aromatic nitrogens is 2. The predicted molar refractivity (Wildman–Crippen MR) is 86.9 cm³/mol. The van der Waals surface area contributed by atoms with Gasteiger partial charge < -0.3 is 14.5 Å². The molecule has 1 amide bonds. The molecule has 0 N–H and O–H groups in total. The van der Waals surface area contributed by atoms with Crippen molar-refractivity contribution in [3.63, 3.8) is 0 Å². The number of aryl methyl sites for hydroxylation is 1. The van der Waals surface area contributed by atoms with Crippen LogP contribution in [-0.4, -0.2) is 57.5 Å². The highest BCUT2D eigenvalue weighted by Gasteiger charge is 2.44. The number of likely N-dealkylation sites (tertiary alicyclic amines) is 1. The summed E-state index contributed by atoms with van der Waals surface area (Å²) in [6, 6.07) is 0. The van der Waals surface area contributed by atoms with Crippen molar-refractivity contribution < 1.29 is 14.5 Å². The van der Waals surface area contributed by atoms with Crippen LogP contribution in [0.5, 0.6) is 0 Å². The van der Waals surface area contributed by atoms with Crippen molar-refractivity contribution in [2.75, 3.05) is 31.1 Å². The summed E-state index contributed by atoms with van der Waals surface area (Å²) in [5.74, 6) is 1.14. The number of amides is 1. The average molecular weight is 337 g/mol. The first kappa shape index (κ1) is 16.5. The van der Waals surface area contributed by atoms with Crippen LogP contribution in [0.1, 0.15) is 20.8 Å². The molecule has 0 aromatic carbocycles. The minimum Gasteiger partial charge on any atom is -0.444 e. The van der Waals surface area contributed by atoms with Crippen LogP contribution in [-0.2, 0) is 11.8 Å². The Kier molecular flexibility index (Phi) is 3.89. The molecule has 9 heteroatoms. The Morgan fingerprint density at radius 3 is 2.38 bits per heavy atom. The first-order chi connectivity index (χ1) is 11.2. The summed E-state index contributed by atoms with van der Waals surface area (Å²) >= 11 is 0. The molecule has 0 radical (unpaired) electrons. The second-order valence-corrected chi connectivity index (χ2v) is 7.54. The average Bonchev–Trinajstić information content (AvgIpc) is 3.07. The van der Waals surface area contributed by atoms with Gasteiger partial charge in [-0.2, -0.15) is 5.10 Å². The van der Waals surface area contributed by atoms with Gasteiger partial charge in [0.15, 0.2) is 0 Å². The highest BCUT2D eigenvalue weighted by atomic mass is 16.6. The van der Waals surface area contributed by atoms with E-state index < -0.39 is 10.5 Å². The molecule has 2 unspecified atom stereocenters. The van der Waals surface area contributed by atoms with Crippen molar-refractivity contribution in [2.24, 2.45) is 18.9 Å². The summed E-state index contributed by atoms with van der Waals surface area (Å²) in [4.78, 5) is 26.7. The third-order valence-electron chi connectivity index (χ3n) is 4.52. The number of nitro groups is 1. The third-order valence-corrected chi connectivity index (χ3v) is 4.52. The van der Waals surface area contributed by atoms with E-state index in [2.05, 4.69) is 5.10 Å². The highest BCUT2D eigenvalue weighted by molar-refractivity contribution is 5.69. The van der Waals surface area contributed by atoms with E-state index in [4.69, 9.17) is 4.74 Å². The van der Waals surface area contributed by atoms with Gasteiger partial charge in [0.2, 0.25) is 5.82 Å². The van der Waals surface area contributed by atoms with E-state index in [1.807, 2.05) is 25.7 Å². The molecule has 24 heavy (non-hydrogen) atoms. The molecule has 132 valence electrons. The standard InChI is InChI=1S/C15H23N5O4/c1-15(2,3)24-14(21)19-8-10-6-18(7-11(10)9-19)13-12(20(22)23)5-16-17(13)4/h5,10-11H,6-9H2,1-4H3. The second kappa shape index (κ2) is 5.64. The number of anilines is 1. The van der Waals surface area contributed by atoms with Gasteiger partial charge in [-0.05, 0) is 20.8 Å². The monoisotopic (exact) mass is 337 g/mol. The van der Waals surface area contributed by atoms with Crippen molar-refractivity contribution in [3.8, 4) is 0 Å². The maximum atomic E-state index is 12.2. The largest absolute Gasteiger partial charge is 0.444 e. The molecule has 2 atom stereocenters. The van der Waals surface area contributed by atoms with Gasteiger partial charge in [0.1, 0.15) is 11.8 Å². The number of carbonyl (C=O) groups is 1. The Balaban J connectivity index is 1.67. The molecular formula is C15H23N5O4. The van der Waals surface area contributed by atoms with Gasteiger partial charge in [0, 0.05) is 45.1 Å². The lowest BCUT2D eigenvalue weighted by Crippen LogP contribution is -2.37. The van der Waals surface area contributed by atoms with Gasteiger partial charge in [-0.3, -0.25) is 10.1 Å². The van der Waals surface area contributed by atoms with Crippen LogP contribution in [0.2, 0.25) is 0 Å². The highest BCUT2D eigenvalue weighted by Crippen LogP contribution is 2.37. The van der Waals surface area contributed by atoms with E-state index >= 15 is 0 Å². The first-order valence-corrected chi connectivity index (χ1v) is 8.05. The molecule has 1 aromatic heterocycles. The van der Waals surface area contributed by atoms with Gasteiger partial charge in [0.25, 0.3) is 0 Å². The lowest BCUT2D eigenvalue weighted by Gasteiger charge is -2.26. The Bertz CT molecular complexity index is 651. The van der Waals surface area contributed by atoms with E-state index in [0.717, 1.165) is 0 Å². The number of hydrogen-bond acceptors (Lipinski definition) is 6. The number of carbonyl (C=O) groups excluding carboxylic acids is 1. The summed E-state index contributed by atoms with van der Waals surface area (Å²) in [5, 5.41) is 15.2. The Morgan fingerprint density at radius 2 is 1.88 bits per heavy atom. The maximum Gasteiger partial charge on any atom is 0.410 e. The molecule has 0 saturated carbocycles. The molecule has 3 rings (SSSR count). The SMILES string of the molecule is Cn1ncc([N+](=O)[O-])c1N1CC2CN(C(=O)OC(C)(C)C)CC2C1. The van der Waals surface area contributed by atoms with Crippen molar-refractivity contribution in [1.29, 1.82) is 0 Å². The second-order valence-electron chi connectivity index (χ2n) is 7.54. The van der Waals surface area contributed by atoms with Gasteiger partial charge >= 0.3 is 11.8 Å². The van der Waals surface area contributed by atoms with Crippen LogP contribution in [0.25, 0.3) is 0 Å². The summed E-state index contributed by atoms with van der Waals surface area (Å²) in [5.41, 5.74) is -0.475. The number of nitrogens with zero attached hydrogens (tertiary/aromatic N) is 5. The predicted octanol–water partition coefficient (Wildman–Crippen LogP) is 1.63. The molecular weight excluding hydrogens is 314 g/mol. The normalized spacial score (nSPS) is 23.5. The zero-order valence-electron chi connectivity index (χ0n) is 14.4. The fourth-order valence-electron chi connectivity index (χ4n) is 3.56. The van der Waals surface area contributed by atoms with Crippen molar-refractivity contribution >= 4 is 17.6 Å². The number of fused-ring (bicyclic) bond motifs is 1. The number of rotatable bonds is 2. The van der Waals surface area contributed by atoms with Crippen molar-refractivity contribution in [2.45, 2.75) is 26.4 Å². The molecule has 9 nitrogen and oxygen atoms in total. The molecule has 1 aromatic rings. The van der Waals surface area contributed by atoms with Gasteiger partial charge in [0.05, 0.1) is 4.92 Å². The van der Waals surface area contributed by atoms with E-state index in [9.17, 15) is 14.9 Å². The quantitative estimate of drug-likeness (QED) is 0.601. The fourth-order valence-corrected chi connectivity index (χ4v) is 3.56. The van der Waals surface area contributed by atoms with E-state index in [1.54, 1.807) is 16.6 Å². The zero-order chi connectivity index (χ0) is 17.6. The van der Waals surface area contributed by atoms with Gasteiger partial charge in [-0.25, -0.2) is 9.48 Å². The third kappa shape index (κ3) is 3.02. The number of ether oxygens (including phenoxy) is 1. The first-order valence-electron chi connectivity index (χ1n) is 8.05. The minimum absolute atomic E-state index is 0.0291. The minimum atomic E-state index is -0.504. The lowest BCUT2D eigenvalue weighted by atomic mass is 10.0. The molecule has 2 aliphatic rings. The Labute approximate surface area is 140 Å². The summed E-state index contributed by atoms with van der Waals surface area (Å²) in [6.07, 6.45) is 1.01. The van der Waals surface area contributed by atoms with Crippen LogP contribution in [0.4, 0.5) is 16.3 Å². The lowest BCUT2D eigenvalue weighted by molar-refractivity contribution is -0.384. The molecule has 0 bridgehead atoms. The van der Waals surface area contributed by atoms with E-state index in [-0.39, 0.29) is 11.8 Å². The van der Waals surface area contributed by atoms with Crippen LogP contribution in [0.3, 0.4) is 0 Å². The van der Waals surface area contributed by atoms with Crippen molar-refractivity contribution in [3.05, 3.63) is 16.3 Å². The summed E-state index contributed by atoms with van der Waals surface area (Å²) in [6.45, 7) is 8.18. The van der Waals surface area contributed by atoms with Crippen LogP contribution < -0.4 is 4.90 Å². The topological polar surface area (TPSA) is 93.7 Å². The molecule has 2 aliphatic heterocycles. The molecule has 0 aliphatic carbocycles. The summed E-state index contributed by atoms with van der Waals surface area (Å²) in [7, 11) is 1.71. The van der Waals surface area contributed by atoms with Crippen LogP contribution in [0.15, 0.2) is 6.20 Å². The maximum absolute atomic E-state index is 12.2. The smallest absolute Gasteiger partial charge is 0.410 e. The number of hydrogen-bond donors (Lipinski definition) is 0. The zero-order valence-corrected chi connectivity index (χ0v) is 14.4. The van der Waals surface area contributed by atoms with Gasteiger partial charge in [-0.15, -0.1) is 0 Å². The van der Waals surface area contributed by atoms with Crippen LogP contribution >= 0.6 is 0 Å². The Hall–Kier alpha value is -2.32. The Morgan fingerprint density at radius 1 is 1.29 bits per heavy atom.